The fourth-order valence-electron chi connectivity index (χ4n) is 4.12. The molecule has 4 N–H and O–H groups in total. The molecule has 1 aliphatic heterocycles. The quantitative estimate of drug-likeness (QED) is 0.371. The van der Waals surface area contributed by atoms with Crippen LogP contribution in [0, 0.1) is 20.8 Å². The maximum Gasteiger partial charge on any atom is 0.228 e. The van der Waals surface area contributed by atoms with Gasteiger partial charge in [0.15, 0.2) is 5.82 Å². The molecule has 1 saturated heterocycles. The molecular weight excluding hydrogens is 507 g/mol. The van der Waals surface area contributed by atoms with Crippen LogP contribution in [0.25, 0.3) is 0 Å². The number of piperidine rings is 1. The Morgan fingerprint density at radius 3 is 2.61 bits per heavy atom. The maximum atomic E-state index is 12.2. The second-order valence-electron chi connectivity index (χ2n) is 8.55. The summed E-state index contributed by atoms with van der Waals surface area (Å²) < 4.78 is 2.97. The van der Waals surface area contributed by atoms with Crippen LogP contribution in [0.1, 0.15) is 49.5 Å². The van der Waals surface area contributed by atoms with Gasteiger partial charge in [-0.1, -0.05) is 12.1 Å². The van der Waals surface area contributed by atoms with Gasteiger partial charge in [0, 0.05) is 35.3 Å². The molecule has 1 unspecified atom stereocenters. The van der Waals surface area contributed by atoms with E-state index in [0.717, 1.165) is 45.3 Å². The number of carbonyl (C=O) groups excluding carboxylic acids is 1. The highest BCUT2D eigenvalue weighted by Gasteiger charge is 2.39. The number of nitrogens with zero attached hydrogens (tertiary/aromatic N) is 4. The molecule has 164 valence electrons. The van der Waals surface area contributed by atoms with Crippen LogP contribution in [-0.4, -0.2) is 38.8 Å². The van der Waals surface area contributed by atoms with E-state index in [-0.39, 0.29) is 11.8 Å². The average Bonchev–Trinajstić information content (AvgIpc) is 3.51. The number of aliphatic hydroxyl groups excluding tert-OH is 1. The van der Waals surface area contributed by atoms with Crippen molar-refractivity contribution in [3.05, 3.63) is 45.2 Å². The van der Waals surface area contributed by atoms with Crippen molar-refractivity contribution in [2.75, 3.05) is 18.4 Å². The number of carbonyl (C=O) groups is 1. The number of hydrogen-bond donors (Lipinski definition) is 3. The van der Waals surface area contributed by atoms with Crippen LogP contribution in [0.2, 0.25) is 0 Å². The normalized spacial score (nSPS) is 19.5. The smallest absolute Gasteiger partial charge is 0.228 e. The first-order valence-electron chi connectivity index (χ1n) is 10.6. The predicted octanol–water partition coefficient (Wildman–Crippen LogP) is 2.69. The lowest BCUT2D eigenvalue weighted by Gasteiger charge is -2.40. The van der Waals surface area contributed by atoms with E-state index in [9.17, 15) is 15.2 Å². The molecule has 1 aromatic heterocycles. The molecule has 8 nitrogen and oxygen atoms in total. The summed E-state index contributed by atoms with van der Waals surface area (Å²) >= 11 is 2.30. The maximum absolute atomic E-state index is 12.2. The van der Waals surface area contributed by atoms with Crippen molar-refractivity contribution >= 4 is 34.3 Å². The third-order valence-electron chi connectivity index (χ3n) is 6.25. The van der Waals surface area contributed by atoms with Gasteiger partial charge < -0.3 is 16.2 Å². The van der Waals surface area contributed by atoms with Crippen LogP contribution in [0.3, 0.4) is 0 Å². The first-order valence-corrected chi connectivity index (χ1v) is 11.7. The second-order valence-corrected chi connectivity index (χ2v) is 9.79. The fraction of sp³-hybridized carbons (Fsp3) is 0.500. The summed E-state index contributed by atoms with van der Waals surface area (Å²) in [6.07, 6.45) is 4.01. The zero-order valence-corrected chi connectivity index (χ0v) is 19.5. The van der Waals surface area contributed by atoms with Crippen molar-refractivity contribution in [2.24, 2.45) is 11.7 Å². The largest absolute Gasteiger partial charge is 0.374 e. The van der Waals surface area contributed by atoms with Crippen LogP contribution in [0.4, 0.5) is 5.82 Å². The molecule has 1 amide bonds. The molecule has 0 bridgehead atoms. The zero-order chi connectivity index (χ0) is 22.0. The Labute approximate surface area is 195 Å². The van der Waals surface area contributed by atoms with E-state index in [0.29, 0.717) is 17.8 Å². The van der Waals surface area contributed by atoms with Gasteiger partial charge in [-0.05, 0) is 66.0 Å². The van der Waals surface area contributed by atoms with Crippen molar-refractivity contribution < 1.29 is 9.90 Å². The molecule has 2 aromatic rings. The summed E-state index contributed by atoms with van der Waals surface area (Å²) in [5, 5.41) is 27.0. The van der Waals surface area contributed by atoms with E-state index in [1.54, 1.807) is 10.9 Å². The van der Waals surface area contributed by atoms with Crippen LogP contribution in [0.15, 0.2) is 30.5 Å². The van der Waals surface area contributed by atoms with Gasteiger partial charge in [-0.15, -0.1) is 0 Å². The number of nitrogens with two attached hydrogens (primary N) is 1. The molecule has 2 heterocycles. The van der Waals surface area contributed by atoms with Gasteiger partial charge >= 0.3 is 0 Å². The Morgan fingerprint density at radius 1 is 1.35 bits per heavy atom. The lowest BCUT2D eigenvalue weighted by Crippen LogP contribution is -2.46. The number of anilines is 1. The Kier molecular flexibility index (Phi) is 6.62. The van der Waals surface area contributed by atoms with Gasteiger partial charge in [0.2, 0.25) is 5.91 Å². The van der Waals surface area contributed by atoms with Crippen LogP contribution in [0.5, 0.6) is 0 Å². The summed E-state index contributed by atoms with van der Waals surface area (Å²) in [5.74, 6) is 0.227. The Bertz CT molecular complexity index is 969. The molecule has 2 fully saturated rings. The van der Waals surface area contributed by atoms with Gasteiger partial charge in [0.1, 0.15) is 6.23 Å². The Morgan fingerprint density at radius 2 is 2.03 bits per heavy atom. The minimum Gasteiger partial charge on any atom is -0.374 e. The molecule has 2 aliphatic rings. The van der Waals surface area contributed by atoms with Crippen molar-refractivity contribution in [3.8, 4) is 6.07 Å². The second kappa shape index (κ2) is 9.24. The molecule has 31 heavy (non-hydrogen) atoms. The summed E-state index contributed by atoms with van der Waals surface area (Å²) in [5.41, 5.74) is 6.91. The SMILES string of the molecule is N#CCC1(n2cc(C(N)O)c(NC(=O)C3CC3)n2)CCN(Cc2ccc(I)cc2)CC1. The van der Waals surface area contributed by atoms with Crippen LogP contribution in [-0.2, 0) is 16.9 Å². The third-order valence-corrected chi connectivity index (χ3v) is 6.97. The highest BCUT2D eigenvalue weighted by molar-refractivity contribution is 14.1. The van der Waals surface area contributed by atoms with E-state index in [1.165, 1.54) is 9.13 Å². The zero-order valence-electron chi connectivity index (χ0n) is 17.3. The van der Waals surface area contributed by atoms with Crippen molar-refractivity contribution in [1.29, 1.82) is 5.26 Å². The summed E-state index contributed by atoms with van der Waals surface area (Å²) in [6, 6.07) is 10.8. The van der Waals surface area contributed by atoms with Gasteiger partial charge in [0.25, 0.3) is 0 Å². The molecule has 1 aliphatic carbocycles. The van der Waals surface area contributed by atoms with Crippen molar-refractivity contribution in [2.45, 2.75) is 50.4 Å². The third kappa shape index (κ3) is 5.09. The molecule has 9 heteroatoms. The highest BCUT2D eigenvalue weighted by Crippen LogP contribution is 2.36. The minimum absolute atomic E-state index is 0.0190. The number of nitriles is 1. The minimum atomic E-state index is -1.25. The molecular formula is C22H27IN6O2. The standard InChI is InChI=1S/C22H27IN6O2/c23-17-5-1-15(2-6-17)13-28-11-8-22(7-10-24,9-12-28)29-14-18(19(25)30)20(27-29)26-21(31)16-3-4-16/h1-2,5-6,14,16,19,30H,3-4,7-9,11-13,25H2,(H,26,27,31). The Balaban J connectivity index is 1.51. The lowest BCUT2D eigenvalue weighted by molar-refractivity contribution is -0.117. The Hall–Kier alpha value is -2.00. The number of benzene rings is 1. The summed E-state index contributed by atoms with van der Waals surface area (Å²) in [4.78, 5) is 14.6. The number of halogens is 1. The number of rotatable bonds is 7. The molecule has 0 spiro atoms. The molecule has 0 radical (unpaired) electrons. The number of nitrogens with one attached hydrogen (secondary N) is 1. The van der Waals surface area contributed by atoms with E-state index < -0.39 is 11.8 Å². The number of likely N-dealkylation sites (tertiary alicyclic amines) is 1. The van der Waals surface area contributed by atoms with E-state index in [4.69, 9.17) is 5.73 Å². The molecule has 1 aromatic carbocycles. The van der Waals surface area contributed by atoms with Gasteiger partial charge in [-0.3, -0.25) is 14.4 Å². The average molecular weight is 534 g/mol. The van der Waals surface area contributed by atoms with Crippen LogP contribution >= 0.6 is 22.6 Å². The van der Waals surface area contributed by atoms with Gasteiger partial charge in [-0.25, -0.2) is 0 Å². The number of aromatic nitrogens is 2. The van der Waals surface area contributed by atoms with Crippen molar-refractivity contribution in [1.82, 2.24) is 14.7 Å². The topological polar surface area (TPSA) is 120 Å². The highest BCUT2D eigenvalue weighted by atomic mass is 127. The van der Waals surface area contributed by atoms with Crippen molar-refractivity contribution in [3.63, 3.8) is 0 Å². The van der Waals surface area contributed by atoms with E-state index in [2.05, 4.69) is 68.2 Å². The first-order chi connectivity index (χ1) is 14.9. The fourth-order valence-corrected chi connectivity index (χ4v) is 4.48. The van der Waals surface area contributed by atoms with Gasteiger partial charge in [0.05, 0.1) is 23.6 Å². The summed E-state index contributed by atoms with van der Waals surface area (Å²) in [6.45, 7) is 2.53. The molecule has 1 atom stereocenters. The van der Waals surface area contributed by atoms with Crippen LogP contribution < -0.4 is 11.1 Å². The number of aliphatic hydroxyl groups is 1. The number of hydrogen-bond acceptors (Lipinski definition) is 6. The van der Waals surface area contributed by atoms with E-state index in [1.807, 2.05) is 0 Å². The monoisotopic (exact) mass is 534 g/mol. The predicted molar refractivity (Wildman–Crippen MR) is 125 cm³/mol. The molecule has 1 saturated carbocycles. The summed E-state index contributed by atoms with van der Waals surface area (Å²) in [7, 11) is 0. The number of amides is 1. The lowest BCUT2D eigenvalue weighted by atomic mass is 9.84. The van der Waals surface area contributed by atoms with Gasteiger partial charge in [-0.2, -0.15) is 10.4 Å². The molecule has 4 rings (SSSR count). The van der Waals surface area contributed by atoms with E-state index >= 15 is 0 Å². The first kappa shape index (κ1) is 22.2.